The molecule has 2 unspecified atom stereocenters. The van der Waals surface area contributed by atoms with Gasteiger partial charge in [-0.3, -0.25) is 9.59 Å². The Balaban J connectivity index is 1.24. The maximum absolute atomic E-state index is 14.4. The summed E-state index contributed by atoms with van der Waals surface area (Å²) in [6, 6.07) is 6.31. The zero-order valence-electron chi connectivity index (χ0n) is 16.9. The van der Waals surface area contributed by atoms with Crippen molar-refractivity contribution < 1.29 is 28.6 Å². The maximum atomic E-state index is 14.4. The number of carbonyl (C=O) groups is 2. The number of amides is 1. The minimum Gasteiger partial charge on any atom is -0.479 e. The van der Waals surface area contributed by atoms with Crippen LogP contribution in [0.3, 0.4) is 0 Å². The number of aliphatic hydroxyl groups excluding tert-OH is 1. The van der Waals surface area contributed by atoms with E-state index in [0.29, 0.717) is 60.7 Å². The Labute approximate surface area is 178 Å². The van der Waals surface area contributed by atoms with Gasteiger partial charge in [-0.15, -0.1) is 0 Å². The molecule has 7 nitrogen and oxygen atoms in total. The summed E-state index contributed by atoms with van der Waals surface area (Å²) in [5, 5.41) is 9.59. The molecule has 1 aliphatic heterocycles. The Morgan fingerprint density at radius 2 is 1.97 bits per heavy atom. The third-order valence-electron chi connectivity index (χ3n) is 6.18. The predicted octanol–water partition coefficient (Wildman–Crippen LogP) is 2.83. The summed E-state index contributed by atoms with van der Waals surface area (Å²) in [5.74, 6) is 0.0873. The fourth-order valence-corrected chi connectivity index (χ4v) is 4.54. The Hall–Kier alpha value is -3.00. The summed E-state index contributed by atoms with van der Waals surface area (Å²) in [5.41, 5.74) is 1.21. The van der Waals surface area contributed by atoms with Gasteiger partial charge in [-0.25, -0.2) is 9.37 Å². The second kappa shape index (κ2) is 7.92. The summed E-state index contributed by atoms with van der Waals surface area (Å²) >= 11 is 0. The normalized spacial score (nSPS) is 25.2. The number of rotatable bonds is 5. The second-order valence-electron chi connectivity index (χ2n) is 8.30. The van der Waals surface area contributed by atoms with Gasteiger partial charge in [-0.1, -0.05) is 0 Å². The number of carbonyl (C=O) groups excluding carboxylic acids is 2. The van der Waals surface area contributed by atoms with Crippen LogP contribution in [0.15, 0.2) is 30.5 Å². The zero-order chi connectivity index (χ0) is 21.5. The molecule has 0 spiro atoms. The van der Waals surface area contributed by atoms with Crippen LogP contribution in [0.5, 0.6) is 11.6 Å². The molecule has 1 aromatic heterocycles. The van der Waals surface area contributed by atoms with Gasteiger partial charge in [0.15, 0.2) is 11.9 Å². The predicted molar refractivity (Wildman–Crippen MR) is 109 cm³/mol. The van der Waals surface area contributed by atoms with Crippen molar-refractivity contribution in [2.45, 2.75) is 56.8 Å². The molecule has 1 saturated heterocycles. The van der Waals surface area contributed by atoms with Crippen molar-refractivity contribution in [1.82, 2.24) is 4.98 Å². The number of halogens is 1. The molecule has 2 heterocycles. The molecule has 8 heteroatoms. The lowest BCUT2D eigenvalue weighted by Gasteiger charge is -2.18. The molecular weight excluding hydrogens is 403 g/mol. The van der Waals surface area contributed by atoms with Gasteiger partial charge >= 0.3 is 0 Å². The van der Waals surface area contributed by atoms with Crippen LogP contribution < -0.4 is 14.4 Å². The smallest absolute Gasteiger partial charge is 0.268 e. The number of nitrogens with zero attached hydrogens (tertiary/aromatic N) is 2. The van der Waals surface area contributed by atoms with E-state index >= 15 is 0 Å². The Kier molecular flexibility index (Phi) is 5.09. The maximum Gasteiger partial charge on any atom is 0.268 e. The highest BCUT2D eigenvalue weighted by atomic mass is 19.1. The van der Waals surface area contributed by atoms with Crippen molar-refractivity contribution in [3.8, 4) is 11.6 Å². The fraction of sp³-hybridized carbons (Fsp3) is 0.435. The van der Waals surface area contributed by atoms with Gasteiger partial charge in [0.1, 0.15) is 17.7 Å². The molecule has 5 rings (SSSR count). The third-order valence-corrected chi connectivity index (χ3v) is 6.18. The van der Waals surface area contributed by atoms with E-state index in [1.54, 1.807) is 18.2 Å². The van der Waals surface area contributed by atoms with E-state index in [2.05, 4.69) is 4.98 Å². The van der Waals surface area contributed by atoms with Crippen molar-refractivity contribution >= 4 is 17.4 Å². The van der Waals surface area contributed by atoms with Gasteiger partial charge < -0.3 is 19.5 Å². The summed E-state index contributed by atoms with van der Waals surface area (Å²) in [7, 11) is 0. The Morgan fingerprint density at radius 1 is 1.10 bits per heavy atom. The van der Waals surface area contributed by atoms with Crippen LogP contribution in [-0.2, 0) is 11.2 Å². The SMILES string of the molecule is O=C1CCc2c(F)cc(N3CC[C@@H](Oc4ccc(OC5CCC(O)C5)nc4)C3=O)cc21. The first kappa shape index (κ1) is 19.9. The molecule has 3 atom stereocenters. The van der Waals surface area contributed by atoms with Gasteiger partial charge in [0.2, 0.25) is 5.88 Å². The first-order chi connectivity index (χ1) is 15.0. The van der Waals surface area contributed by atoms with Gasteiger partial charge in [0, 0.05) is 43.1 Å². The molecule has 1 saturated carbocycles. The Bertz CT molecular complexity index is 1030. The average Bonchev–Trinajstić information content (AvgIpc) is 3.44. The van der Waals surface area contributed by atoms with Crippen LogP contribution in [0.4, 0.5) is 10.1 Å². The molecule has 2 aromatic rings. The van der Waals surface area contributed by atoms with E-state index in [0.717, 1.165) is 12.8 Å². The van der Waals surface area contributed by atoms with Crippen molar-refractivity contribution in [1.29, 1.82) is 0 Å². The largest absolute Gasteiger partial charge is 0.479 e. The standard InChI is InChI=1S/C23H23FN2O5/c24-19-10-13(9-18-17(19)4-5-20(18)28)26-8-7-21(23(26)29)30-16-3-6-22(25-12-16)31-15-2-1-14(27)11-15/h3,6,9-10,12,14-15,21,27H,1-2,4-5,7-8,11H2/t14?,15?,21-/m1/s1. The van der Waals surface area contributed by atoms with Gasteiger partial charge in [0.25, 0.3) is 5.91 Å². The molecule has 1 N–H and O–H groups in total. The monoisotopic (exact) mass is 426 g/mol. The average molecular weight is 426 g/mol. The number of aromatic nitrogens is 1. The number of hydrogen-bond donors (Lipinski definition) is 1. The van der Waals surface area contributed by atoms with E-state index in [4.69, 9.17) is 9.47 Å². The highest BCUT2D eigenvalue weighted by molar-refractivity contribution is 6.04. The molecule has 2 fully saturated rings. The molecule has 1 aromatic carbocycles. The topological polar surface area (TPSA) is 89.0 Å². The summed E-state index contributed by atoms with van der Waals surface area (Å²) < 4.78 is 26.0. The number of benzene rings is 1. The molecule has 1 amide bonds. The highest BCUT2D eigenvalue weighted by Gasteiger charge is 2.36. The van der Waals surface area contributed by atoms with Crippen LogP contribution >= 0.6 is 0 Å². The van der Waals surface area contributed by atoms with Gasteiger partial charge in [0.05, 0.1) is 12.3 Å². The first-order valence-corrected chi connectivity index (χ1v) is 10.6. The van der Waals surface area contributed by atoms with E-state index in [1.165, 1.54) is 17.2 Å². The first-order valence-electron chi connectivity index (χ1n) is 10.6. The number of aliphatic hydroxyl groups is 1. The van der Waals surface area contributed by atoms with E-state index in [-0.39, 0.29) is 23.9 Å². The number of ether oxygens (including phenoxy) is 2. The third kappa shape index (κ3) is 3.87. The van der Waals surface area contributed by atoms with Gasteiger partial charge in [-0.05, 0) is 43.0 Å². The molecule has 0 radical (unpaired) electrons. The number of ketones is 1. The van der Waals surface area contributed by atoms with Crippen LogP contribution in [0.1, 0.15) is 48.0 Å². The van der Waals surface area contributed by atoms with E-state index in [9.17, 15) is 19.1 Å². The van der Waals surface area contributed by atoms with Crippen LogP contribution in [0.25, 0.3) is 0 Å². The zero-order valence-corrected chi connectivity index (χ0v) is 16.9. The minimum atomic E-state index is -0.703. The lowest BCUT2D eigenvalue weighted by molar-refractivity contribution is -0.122. The van der Waals surface area contributed by atoms with E-state index in [1.807, 2.05) is 0 Å². The van der Waals surface area contributed by atoms with Crippen LogP contribution in [-0.4, -0.2) is 46.6 Å². The molecule has 3 aliphatic rings. The van der Waals surface area contributed by atoms with E-state index < -0.39 is 11.9 Å². The van der Waals surface area contributed by atoms with Gasteiger partial charge in [-0.2, -0.15) is 0 Å². The number of hydrogen-bond acceptors (Lipinski definition) is 6. The molecule has 2 aliphatic carbocycles. The number of fused-ring (bicyclic) bond motifs is 1. The molecule has 162 valence electrons. The summed E-state index contributed by atoms with van der Waals surface area (Å²) in [6.45, 7) is 0.383. The summed E-state index contributed by atoms with van der Waals surface area (Å²) in [6.07, 6.45) is 3.73. The lowest BCUT2D eigenvalue weighted by Crippen LogP contribution is -2.32. The second-order valence-corrected chi connectivity index (χ2v) is 8.30. The number of anilines is 1. The number of pyridine rings is 1. The van der Waals surface area contributed by atoms with Crippen molar-refractivity contribution in [2.24, 2.45) is 0 Å². The number of Topliss-reactive ketones (excluding diaryl/α,β-unsaturated/α-hetero) is 1. The molecular formula is C23H23FN2O5. The highest BCUT2D eigenvalue weighted by Crippen LogP contribution is 2.32. The summed E-state index contributed by atoms with van der Waals surface area (Å²) in [4.78, 5) is 30.6. The minimum absolute atomic E-state index is 0.0427. The molecule has 0 bridgehead atoms. The fourth-order valence-electron chi connectivity index (χ4n) is 4.54. The van der Waals surface area contributed by atoms with Crippen molar-refractivity contribution in [2.75, 3.05) is 11.4 Å². The van der Waals surface area contributed by atoms with Crippen molar-refractivity contribution in [3.63, 3.8) is 0 Å². The van der Waals surface area contributed by atoms with Crippen LogP contribution in [0.2, 0.25) is 0 Å². The quantitative estimate of drug-likeness (QED) is 0.791. The van der Waals surface area contributed by atoms with Crippen LogP contribution in [0, 0.1) is 5.82 Å². The van der Waals surface area contributed by atoms with Crippen molar-refractivity contribution in [3.05, 3.63) is 47.4 Å². The molecule has 31 heavy (non-hydrogen) atoms. The lowest BCUT2D eigenvalue weighted by atomic mass is 10.1. The Morgan fingerprint density at radius 3 is 2.71 bits per heavy atom.